The van der Waals surface area contributed by atoms with Gasteiger partial charge in [-0.25, -0.2) is 4.98 Å². The van der Waals surface area contributed by atoms with E-state index in [0.29, 0.717) is 11.8 Å². The zero-order valence-electron chi connectivity index (χ0n) is 9.79. The van der Waals surface area contributed by atoms with E-state index in [1.165, 1.54) is 25.7 Å². The predicted octanol–water partition coefficient (Wildman–Crippen LogP) is 2.80. The van der Waals surface area contributed by atoms with Crippen LogP contribution in [0.5, 0.6) is 0 Å². The summed E-state index contributed by atoms with van der Waals surface area (Å²) in [6, 6.07) is 1.84. The Bertz CT molecular complexity index is 367. The van der Waals surface area contributed by atoms with Crippen LogP contribution in [0.2, 0.25) is 0 Å². The molecule has 0 amide bonds. The molecule has 0 spiro atoms. The molecule has 0 aromatic carbocycles. The van der Waals surface area contributed by atoms with Crippen molar-refractivity contribution in [1.29, 1.82) is 0 Å². The summed E-state index contributed by atoms with van der Waals surface area (Å²) < 4.78 is 6.65. The van der Waals surface area contributed by atoms with Crippen molar-refractivity contribution in [3.05, 3.63) is 16.7 Å². The van der Waals surface area contributed by atoms with Crippen molar-refractivity contribution in [3.63, 3.8) is 0 Å². The van der Waals surface area contributed by atoms with E-state index in [0.717, 1.165) is 23.4 Å². The van der Waals surface area contributed by atoms with E-state index < -0.39 is 0 Å². The van der Waals surface area contributed by atoms with E-state index in [1.54, 1.807) is 6.20 Å². The second kappa shape index (κ2) is 6.21. The lowest BCUT2D eigenvalue weighted by molar-refractivity contribution is 0.0658. The van der Waals surface area contributed by atoms with Gasteiger partial charge in [0, 0.05) is 6.54 Å². The minimum Gasteiger partial charge on any atom is -0.397 e. The maximum atomic E-state index is 5.76. The van der Waals surface area contributed by atoms with E-state index in [9.17, 15) is 0 Å². The van der Waals surface area contributed by atoms with Crippen LogP contribution in [0.3, 0.4) is 0 Å². The van der Waals surface area contributed by atoms with Crippen LogP contribution in [0.4, 0.5) is 11.5 Å². The minimum atomic E-state index is 0.472. The number of hydrogen-bond acceptors (Lipinski definition) is 4. The molecule has 1 aliphatic rings. The number of pyridine rings is 1. The fraction of sp³-hybridized carbons (Fsp3) is 0.583. The lowest BCUT2D eigenvalue weighted by atomic mass is 10.3. The van der Waals surface area contributed by atoms with Crippen molar-refractivity contribution < 1.29 is 4.74 Å². The van der Waals surface area contributed by atoms with Gasteiger partial charge in [-0.05, 0) is 34.8 Å². The number of hydrogen-bond donors (Lipinski definition) is 2. The smallest absolute Gasteiger partial charge is 0.140 e. The second-order valence-electron chi connectivity index (χ2n) is 4.30. The zero-order chi connectivity index (χ0) is 12.1. The van der Waals surface area contributed by atoms with E-state index >= 15 is 0 Å². The number of ether oxygens (including phenoxy) is 1. The van der Waals surface area contributed by atoms with Gasteiger partial charge < -0.3 is 15.8 Å². The Morgan fingerprint density at radius 2 is 2.24 bits per heavy atom. The molecular formula is C12H18BrN3O. The first-order chi connectivity index (χ1) is 8.25. The molecule has 4 nitrogen and oxygen atoms in total. The van der Waals surface area contributed by atoms with Crippen LogP contribution in [0.25, 0.3) is 0 Å². The van der Waals surface area contributed by atoms with Gasteiger partial charge >= 0.3 is 0 Å². The molecule has 1 saturated carbocycles. The fourth-order valence-electron chi connectivity index (χ4n) is 2.03. The van der Waals surface area contributed by atoms with Crippen molar-refractivity contribution in [2.75, 3.05) is 24.2 Å². The Kier molecular flexibility index (Phi) is 4.62. The van der Waals surface area contributed by atoms with Crippen LogP contribution < -0.4 is 11.1 Å². The number of nitrogens with one attached hydrogen (secondary N) is 1. The first kappa shape index (κ1) is 12.6. The molecule has 0 radical (unpaired) electrons. The van der Waals surface area contributed by atoms with Gasteiger partial charge in [0.2, 0.25) is 0 Å². The van der Waals surface area contributed by atoms with Gasteiger partial charge in [0.25, 0.3) is 0 Å². The normalized spacial score (nSPS) is 16.3. The Labute approximate surface area is 110 Å². The number of nitrogens with two attached hydrogens (primary N) is 1. The van der Waals surface area contributed by atoms with E-state index in [2.05, 4.69) is 26.2 Å². The lowest BCUT2D eigenvalue weighted by Gasteiger charge is -2.12. The standard InChI is InChI=1S/C12H18BrN3O/c13-11-7-9(14)8-16-12(11)15-5-6-17-10-3-1-2-4-10/h7-8,10H,1-6,14H2,(H,15,16). The van der Waals surface area contributed by atoms with E-state index in [4.69, 9.17) is 10.5 Å². The summed E-state index contributed by atoms with van der Waals surface area (Å²) in [5.41, 5.74) is 6.28. The summed E-state index contributed by atoms with van der Waals surface area (Å²) in [6.45, 7) is 1.50. The third-order valence-corrected chi connectivity index (χ3v) is 3.52. The molecule has 2 rings (SSSR count). The average Bonchev–Trinajstić information content (AvgIpc) is 2.79. The molecule has 0 unspecified atom stereocenters. The number of rotatable bonds is 5. The lowest BCUT2D eigenvalue weighted by Crippen LogP contribution is -2.16. The number of nitrogens with zero attached hydrogens (tertiary/aromatic N) is 1. The molecule has 0 atom stereocenters. The van der Waals surface area contributed by atoms with E-state index in [1.807, 2.05) is 6.07 Å². The maximum absolute atomic E-state index is 5.76. The molecule has 1 aromatic heterocycles. The van der Waals surface area contributed by atoms with Gasteiger partial charge in [-0.1, -0.05) is 12.8 Å². The first-order valence-corrected chi connectivity index (χ1v) is 6.81. The minimum absolute atomic E-state index is 0.472. The van der Waals surface area contributed by atoms with Gasteiger partial charge in [0.1, 0.15) is 5.82 Å². The topological polar surface area (TPSA) is 60.2 Å². The molecule has 1 fully saturated rings. The molecule has 0 saturated heterocycles. The molecule has 94 valence electrons. The third-order valence-electron chi connectivity index (χ3n) is 2.91. The van der Waals surface area contributed by atoms with Crippen molar-refractivity contribution in [1.82, 2.24) is 4.98 Å². The summed E-state index contributed by atoms with van der Waals surface area (Å²) in [5, 5.41) is 3.23. The second-order valence-corrected chi connectivity index (χ2v) is 5.16. The molecule has 0 bridgehead atoms. The maximum Gasteiger partial charge on any atom is 0.140 e. The fourth-order valence-corrected chi connectivity index (χ4v) is 2.54. The number of anilines is 2. The molecule has 1 aromatic rings. The molecule has 1 aliphatic carbocycles. The highest BCUT2D eigenvalue weighted by molar-refractivity contribution is 9.10. The van der Waals surface area contributed by atoms with Crippen LogP contribution in [0.1, 0.15) is 25.7 Å². The van der Waals surface area contributed by atoms with Crippen LogP contribution in [-0.4, -0.2) is 24.2 Å². The average molecular weight is 300 g/mol. The van der Waals surface area contributed by atoms with Gasteiger partial charge in [0.05, 0.1) is 29.1 Å². The SMILES string of the molecule is Nc1cnc(NCCOC2CCCC2)c(Br)c1. The van der Waals surface area contributed by atoms with E-state index in [-0.39, 0.29) is 0 Å². The highest BCUT2D eigenvalue weighted by Gasteiger charge is 2.14. The summed E-state index contributed by atoms with van der Waals surface area (Å²) >= 11 is 3.42. The molecule has 17 heavy (non-hydrogen) atoms. The van der Waals surface area contributed by atoms with Crippen molar-refractivity contribution in [3.8, 4) is 0 Å². The van der Waals surface area contributed by atoms with Crippen LogP contribution in [-0.2, 0) is 4.74 Å². The number of nitrogen functional groups attached to an aromatic ring is 1. The van der Waals surface area contributed by atoms with Gasteiger partial charge in [0.15, 0.2) is 0 Å². The molecule has 1 heterocycles. The number of aromatic nitrogens is 1. The number of halogens is 1. The Balaban J connectivity index is 1.70. The van der Waals surface area contributed by atoms with Crippen LogP contribution >= 0.6 is 15.9 Å². The quantitative estimate of drug-likeness (QED) is 0.821. The van der Waals surface area contributed by atoms with Gasteiger partial charge in [-0.2, -0.15) is 0 Å². The summed E-state index contributed by atoms with van der Waals surface area (Å²) in [6.07, 6.45) is 7.16. The molecule has 3 N–H and O–H groups in total. The van der Waals surface area contributed by atoms with Crippen molar-refractivity contribution >= 4 is 27.4 Å². The van der Waals surface area contributed by atoms with Crippen molar-refractivity contribution in [2.24, 2.45) is 0 Å². The monoisotopic (exact) mass is 299 g/mol. The molecular weight excluding hydrogens is 282 g/mol. The van der Waals surface area contributed by atoms with Crippen molar-refractivity contribution in [2.45, 2.75) is 31.8 Å². The Morgan fingerprint density at radius 3 is 2.94 bits per heavy atom. The first-order valence-electron chi connectivity index (χ1n) is 6.02. The zero-order valence-corrected chi connectivity index (χ0v) is 11.4. The van der Waals surface area contributed by atoms with Crippen LogP contribution in [0, 0.1) is 0 Å². The molecule has 5 heteroatoms. The largest absolute Gasteiger partial charge is 0.397 e. The third kappa shape index (κ3) is 3.85. The highest BCUT2D eigenvalue weighted by Crippen LogP contribution is 2.22. The van der Waals surface area contributed by atoms with Gasteiger partial charge in [-0.3, -0.25) is 0 Å². The predicted molar refractivity (Wildman–Crippen MR) is 73.0 cm³/mol. The van der Waals surface area contributed by atoms with Crippen LogP contribution in [0.15, 0.2) is 16.7 Å². The Morgan fingerprint density at radius 1 is 1.47 bits per heavy atom. The molecule has 0 aliphatic heterocycles. The highest BCUT2D eigenvalue weighted by atomic mass is 79.9. The Hall–Kier alpha value is -0.810. The summed E-state index contributed by atoms with van der Waals surface area (Å²) in [7, 11) is 0. The summed E-state index contributed by atoms with van der Waals surface area (Å²) in [5.74, 6) is 0.814. The van der Waals surface area contributed by atoms with Gasteiger partial charge in [-0.15, -0.1) is 0 Å². The summed E-state index contributed by atoms with van der Waals surface area (Å²) in [4.78, 5) is 4.21.